The van der Waals surface area contributed by atoms with Crippen molar-refractivity contribution >= 4 is 30.4 Å². The van der Waals surface area contributed by atoms with Gasteiger partial charge in [-0.1, -0.05) is 12.1 Å². The van der Waals surface area contributed by atoms with E-state index in [0.29, 0.717) is 23.3 Å². The molecule has 0 radical (unpaired) electrons. The van der Waals surface area contributed by atoms with Gasteiger partial charge in [-0.15, -0.1) is 0 Å². The number of hydrogen-bond donors (Lipinski definition) is 4. The van der Waals surface area contributed by atoms with Gasteiger partial charge in [-0.2, -0.15) is 5.26 Å². The number of carboxylic acids is 1. The number of benzene rings is 1. The summed E-state index contributed by atoms with van der Waals surface area (Å²) in [6.45, 7) is 6.81. The van der Waals surface area contributed by atoms with E-state index in [1.54, 1.807) is 49.0 Å². The maximum Gasteiger partial charge on any atom is 0.323 e. The molecule has 3 rings (SSSR count). The van der Waals surface area contributed by atoms with Crippen LogP contribution < -0.4 is 15.9 Å². The summed E-state index contributed by atoms with van der Waals surface area (Å²) in [4.78, 5) is 24.1. The van der Waals surface area contributed by atoms with Gasteiger partial charge in [0.25, 0.3) is 0 Å². The van der Waals surface area contributed by atoms with Gasteiger partial charge in [0.2, 0.25) is 7.44 Å². The molecule has 0 saturated heterocycles. The molecule has 0 bridgehead atoms. The van der Waals surface area contributed by atoms with Gasteiger partial charge in [0.05, 0.1) is 30.6 Å². The van der Waals surface area contributed by atoms with E-state index < -0.39 is 31.1 Å². The van der Waals surface area contributed by atoms with Gasteiger partial charge in [-0.05, 0) is 45.4 Å². The number of rotatable bonds is 11. The average molecular weight is 501 g/mol. The second kappa shape index (κ2) is 10.5. The molecule has 186 valence electrons. The van der Waals surface area contributed by atoms with Crippen LogP contribution in [0.4, 0.5) is 5.82 Å². The highest BCUT2D eigenvalue weighted by molar-refractivity contribution is 7.59. The fourth-order valence-electron chi connectivity index (χ4n) is 3.43. The molecule has 0 aliphatic heterocycles. The topological polar surface area (TPSA) is 181 Å². The lowest BCUT2D eigenvalue weighted by Crippen LogP contribution is -2.47. The number of ether oxygens (including phenoxy) is 1. The summed E-state index contributed by atoms with van der Waals surface area (Å²) in [6.07, 6.45) is 2.24. The fourth-order valence-corrected chi connectivity index (χ4v) is 5.87. The summed E-state index contributed by atoms with van der Waals surface area (Å²) in [6, 6.07) is 8.48. The smallest absolute Gasteiger partial charge is 0.323 e. The molecule has 0 saturated carbocycles. The van der Waals surface area contributed by atoms with Crippen LogP contribution in [-0.2, 0) is 20.6 Å². The van der Waals surface area contributed by atoms with E-state index in [-0.39, 0.29) is 12.2 Å². The van der Waals surface area contributed by atoms with Gasteiger partial charge >= 0.3 is 5.97 Å². The average Bonchev–Trinajstić information content (AvgIpc) is 3.21. The molecule has 12 nitrogen and oxygen atoms in total. The molecule has 13 heteroatoms. The monoisotopic (exact) mass is 500 g/mol. The molecule has 1 unspecified atom stereocenters. The number of fused-ring (bicyclic) bond motifs is 1. The number of nitrogen functional groups attached to an aromatic ring is 1. The van der Waals surface area contributed by atoms with E-state index in [1.807, 2.05) is 0 Å². The molecule has 0 aliphatic rings. The summed E-state index contributed by atoms with van der Waals surface area (Å²) in [5.74, 6) is -0.881. The SMILES string of the molecule is C[C@@H](Cn1cnc2c(N)ncnc21)OCP(=O)(N[C@H](C)c1ccc(C#N)cc1)NC(C)(C)C(=O)O. The zero-order valence-corrected chi connectivity index (χ0v) is 20.9. The first-order chi connectivity index (χ1) is 16.4. The zero-order valence-electron chi connectivity index (χ0n) is 20.0. The molecule has 2 aromatic heterocycles. The second-order valence-corrected chi connectivity index (χ2v) is 11.0. The van der Waals surface area contributed by atoms with Crippen LogP contribution in [0.2, 0.25) is 0 Å². The zero-order chi connectivity index (χ0) is 25.8. The minimum atomic E-state index is -3.57. The van der Waals surface area contributed by atoms with Crippen LogP contribution in [0.25, 0.3) is 11.2 Å². The van der Waals surface area contributed by atoms with Crippen molar-refractivity contribution in [2.45, 2.75) is 51.9 Å². The third-order valence-electron chi connectivity index (χ3n) is 5.36. The second-order valence-electron chi connectivity index (χ2n) is 8.80. The van der Waals surface area contributed by atoms with Crippen molar-refractivity contribution in [3.05, 3.63) is 48.0 Å². The third-order valence-corrected chi connectivity index (χ3v) is 7.60. The van der Waals surface area contributed by atoms with Crippen LogP contribution in [0.3, 0.4) is 0 Å². The molecule has 0 spiro atoms. The van der Waals surface area contributed by atoms with E-state index >= 15 is 0 Å². The van der Waals surface area contributed by atoms with Gasteiger partial charge in [0.15, 0.2) is 11.5 Å². The molecule has 0 aliphatic carbocycles. The predicted molar refractivity (Wildman–Crippen MR) is 130 cm³/mol. The van der Waals surface area contributed by atoms with Crippen molar-refractivity contribution in [3.8, 4) is 6.07 Å². The quantitative estimate of drug-likeness (QED) is 0.284. The normalized spacial score (nSPS) is 15.3. The minimum absolute atomic E-state index is 0.269. The van der Waals surface area contributed by atoms with E-state index in [0.717, 1.165) is 5.56 Å². The number of carboxylic acid groups (broad SMARTS) is 1. The number of nitrogens with one attached hydrogen (secondary N) is 2. The number of hydrogen-bond acceptors (Lipinski definition) is 8. The standard InChI is InChI=1S/C22H29N8O4P/c1-14(10-30-12-27-18-19(24)25-11-26-20(18)30)34-13-35(33,29-22(3,4)21(31)32)28-15(2)17-7-5-16(9-23)6-8-17/h5-8,11-12,14-15H,10,13H2,1-4H3,(H,31,32)(H2,24,25,26)(H2,28,29,33)/t14-,15+,35?/m0/s1. The number of aliphatic carboxylic acids is 1. The minimum Gasteiger partial charge on any atom is -0.480 e. The Morgan fingerprint density at radius 1 is 1.29 bits per heavy atom. The van der Waals surface area contributed by atoms with Crippen molar-refractivity contribution < 1.29 is 19.2 Å². The number of imidazole rings is 1. The Kier molecular flexibility index (Phi) is 7.87. The predicted octanol–water partition coefficient (Wildman–Crippen LogP) is 2.64. The molecular weight excluding hydrogens is 471 g/mol. The Morgan fingerprint density at radius 3 is 2.60 bits per heavy atom. The lowest BCUT2D eigenvalue weighted by atomic mass is 10.1. The Balaban J connectivity index is 1.75. The van der Waals surface area contributed by atoms with Crippen LogP contribution in [0.1, 0.15) is 44.9 Å². The molecular formula is C22H29N8O4P. The highest BCUT2D eigenvalue weighted by atomic mass is 31.2. The van der Waals surface area contributed by atoms with E-state index in [4.69, 9.17) is 15.7 Å². The summed E-state index contributed by atoms with van der Waals surface area (Å²) in [7, 11) is -3.57. The number of nitrogens with two attached hydrogens (primary N) is 1. The Morgan fingerprint density at radius 2 is 1.97 bits per heavy atom. The molecule has 2 heterocycles. The lowest BCUT2D eigenvalue weighted by Gasteiger charge is -2.32. The van der Waals surface area contributed by atoms with E-state index in [1.165, 1.54) is 20.2 Å². The molecule has 0 fully saturated rings. The number of carbonyl (C=O) groups is 1. The molecule has 3 atom stereocenters. The lowest BCUT2D eigenvalue weighted by molar-refractivity contribution is -0.142. The van der Waals surface area contributed by atoms with Gasteiger partial charge in [-0.3, -0.25) is 9.36 Å². The van der Waals surface area contributed by atoms with Crippen molar-refractivity contribution in [1.29, 1.82) is 5.26 Å². The van der Waals surface area contributed by atoms with Crippen molar-refractivity contribution in [1.82, 2.24) is 29.7 Å². The number of nitrogens with zero attached hydrogens (tertiary/aromatic N) is 5. The van der Waals surface area contributed by atoms with E-state index in [9.17, 15) is 14.5 Å². The summed E-state index contributed by atoms with van der Waals surface area (Å²) in [5, 5.41) is 24.4. The van der Waals surface area contributed by atoms with Crippen LogP contribution in [0.5, 0.6) is 0 Å². The van der Waals surface area contributed by atoms with Crippen molar-refractivity contribution in [2.24, 2.45) is 0 Å². The number of anilines is 1. The largest absolute Gasteiger partial charge is 0.480 e. The molecule has 0 amide bonds. The highest BCUT2D eigenvalue weighted by Gasteiger charge is 2.37. The van der Waals surface area contributed by atoms with Crippen LogP contribution in [-0.4, -0.2) is 48.6 Å². The van der Waals surface area contributed by atoms with Gasteiger partial charge in [0.1, 0.15) is 23.7 Å². The molecule has 5 N–H and O–H groups in total. The van der Waals surface area contributed by atoms with Crippen LogP contribution in [0, 0.1) is 11.3 Å². The van der Waals surface area contributed by atoms with Crippen LogP contribution in [0.15, 0.2) is 36.9 Å². The number of nitriles is 1. The Hall–Kier alpha value is -3.36. The van der Waals surface area contributed by atoms with Crippen LogP contribution >= 0.6 is 7.44 Å². The first kappa shape index (κ1) is 26.2. The molecule has 1 aromatic carbocycles. The fraction of sp³-hybridized carbons (Fsp3) is 0.409. The van der Waals surface area contributed by atoms with Crippen molar-refractivity contribution in [3.63, 3.8) is 0 Å². The maximum atomic E-state index is 13.9. The summed E-state index contributed by atoms with van der Waals surface area (Å²) < 4.78 is 21.6. The van der Waals surface area contributed by atoms with Gasteiger partial charge in [0, 0.05) is 6.04 Å². The van der Waals surface area contributed by atoms with E-state index in [2.05, 4.69) is 31.2 Å². The maximum absolute atomic E-state index is 13.9. The Labute approximate surface area is 203 Å². The molecule has 3 aromatic rings. The number of aromatic nitrogens is 4. The molecule has 35 heavy (non-hydrogen) atoms. The summed E-state index contributed by atoms with van der Waals surface area (Å²) >= 11 is 0. The Bertz CT molecular complexity index is 1280. The van der Waals surface area contributed by atoms with Gasteiger partial charge in [-0.25, -0.2) is 25.1 Å². The highest BCUT2D eigenvalue weighted by Crippen LogP contribution is 2.42. The van der Waals surface area contributed by atoms with Gasteiger partial charge < -0.3 is 20.1 Å². The van der Waals surface area contributed by atoms with Crippen molar-refractivity contribution in [2.75, 3.05) is 12.1 Å². The third kappa shape index (κ3) is 6.41. The summed E-state index contributed by atoms with van der Waals surface area (Å²) in [5.41, 5.74) is 6.68. The first-order valence-electron chi connectivity index (χ1n) is 10.9. The first-order valence-corrected chi connectivity index (χ1v) is 12.8.